The quantitative estimate of drug-likeness (QED) is 0.296. The van der Waals surface area contributed by atoms with Gasteiger partial charge < -0.3 is 20.1 Å². The van der Waals surface area contributed by atoms with Crippen LogP contribution in [0.5, 0.6) is 0 Å². The number of amides is 2. The molecule has 11 nitrogen and oxygen atoms in total. The Morgan fingerprint density at radius 1 is 1.02 bits per heavy atom. The number of aryl methyl sites for hydroxylation is 1. The zero-order valence-electron chi connectivity index (χ0n) is 22.7. The number of pyridine rings is 1. The number of likely N-dealkylation sites (tertiary alicyclic amines) is 1. The van der Waals surface area contributed by atoms with Crippen molar-refractivity contribution in [1.29, 1.82) is 0 Å². The topological polar surface area (TPSA) is 130 Å². The molecule has 11 heteroatoms. The highest BCUT2D eigenvalue weighted by Crippen LogP contribution is 2.40. The van der Waals surface area contributed by atoms with Crippen molar-refractivity contribution in [2.24, 2.45) is 0 Å². The van der Waals surface area contributed by atoms with E-state index >= 15 is 0 Å². The zero-order valence-corrected chi connectivity index (χ0v) is 22.7. The Kier molecular flexibility index (Phi) is 7.10. The lowest BCUT2D eigenvalue weighted by molar-refractivity contribution is 0.208. The number of carbonyl (C=O) groups excluding carboxylic acids is 1. The van der Waals surface area contributed by atoms with Crippen molar-refractivity contribution in [3.05, 3.63) is 74.6 Å². The second-order valence-corrected chi connectivity index (χ2v) is 10.6. The van der Waals surface area contributed by atoms with E-state index in [2.05, 4.69) is 25.6 Å². The first-order valence-corrected chi connectivity index (χ1v) is 14.1. The summed E-state index contributed by atoms with van der Waals surface area (Å²) in [5.74, 6) is 1.38. The fourth-order valence-electron chi connectivity index (χ4n) is 5.28. The molecule has 0 bridgehead atoms. The van der Waals surface area contributed by atoms with Crippen LogP contribution in [0.2, 0.25) is 0 Å². The van der Waals surface area contributed by atoms with Crippen molar-refractivity contribution in [3.63, 3.8) is 0 Å². The smallest absolute Gasteiger partial charge is 0.330 e. The van der Waals surface area contributed by atoms with Crippen molar-refractivity contribution < 1.29 is 4.79 Å². The first kappa shape index (κ1) is 25.8. The number of urea groups is 1. The summed E-state index contributed by atoms with van der Waals surface area (Å²) in [5, 5.41) is 6.34. The minimum atomic E-state index is -0.459. The van der Waals surface area contributed by atoms with Gasteiger partial charge in [0, 0.05) is 50.5 Å². The van der Waals surface area contributed by atoms with Crippen molar-refractivity contribution >= 4 is 23.0 Å². The number of hydrogen-bond acceptors (Lipinski definition) is 6. The lowest BCUT2D eigenvalue weighted by Gasteiger charge is -2.16. The molecule has 0 spiro atoms. The summed E-state index contributed by atoms with van der Waals surface area (Å²) in [6.07, 6.45) is 6.66. The average Bonchev–Trinajstić information content (AvgIpc) is 3.49. The van der Waals surface area contributed by atoms with Crippen LogP contribution in [0.3, 0.4) is 0 Å². The number of nitrogens with one attached hydrogen (secondary N) is 3. The lowest BCUT2D eigenvalue weighted by atomic mass is 10.1. The first-order chi connectivity index (χ1) is 19.5. The number of nitrogens with zero attached hydrogens (tertiary/aromatic N) is 5. The average molecular weight is 543 g/mol. The summed E-state index contributed by atoms with van der Waals surface area (Å²) in [5.41, 5.74) is 2.98. The molecule has 0 unspecified atom stereocenters. The number of aromatic amines is 1. The number of anilines is 1. The van der Waals surface area contributed by atoms with E-state index in [0.717, 1.165) is 67.7 Å². The predicted molar refractivity (Wildman–Crippen MR) is 153 cm³/mol. The molecule has 0 radical (unpaired) electrons. The zero-order chi connectivity index (χ0) is 27.6. The maximum atomic E-state index is 12.6. The summed E-state index contributed by atoms with van der Waals surface area (Å²) in [6, 6.07) is 12.2. The molecule has 0 atom stereocenters. The van der Waals surface area contributed by atoms with Crippen LogP contribution < -0.4 is 21.9 Å². The second-order valence-electron chi connectivity index (χ2n) is 10.6. The molecule has 3 aromatic heterocycles. The molecule has 2 amide bonds. The van der Waals surface area contributed by atoms with E-state index in [1.807, 2.05) is 52.8 Å². The summed E-state index contributed by atoms with van der Waals surface area (Å²) >= 11 is 0. The van der Waals surface area contributed by atoms with Gasteiger partial charge in [0.05, 0.1) is 0 Å². The fraction of sp³-hybridized carbons (Fsp3) is 0.414. The molecule has 2 aliphatic rings. The molecule has 1 aliphatic heterocycles. The molecule has 208 valence electrons. The van der Waals surface area contributed by atoms with E-state index in [0.29, 0.717) is 31.1 Å². The monoisotopic (exact) mass is 542 g/mol. The van der Waals surface area contributed by atoms with Crippen LogP contribution in [0.25, 0.3) is 22.6 Å². The molecule has 6 rings (SSSR count). The Morgan fingerprint density at radius 3 is 2.40 bits per heavy atom. The van der Waals surface area contributed by atoms with E-state index in [-0.39, 0.29) is 17.6 Å². The van der Waals surface area contributed by atoms with Crippen LogP contribution in [0.15, 0.2) is 52.2 Å². The normalized spacial score (nSPS) is 15.1. The van der Waals surface area contributed by atoms with E-state index < -0.39 is 11.2 Å². The highest BCUT2D eigenvalue weighted by molar-refractivity contribution is 5.77. The molecular formula is C29H34N8O3. The van der Waals surface area contributed by atoms with E-state index in [9.17, 15) is 14.4 Å². The van der Waals surface area contributed by atoms with E-state index in [1.165, 1.54) is 0 Å². The number of rotatable bonds is 9. The number of benzene rings is 1. The van der Waals surface area contributed by atoms with Gasteiger partial charge in [0.15, 0.2) is 11.2 Å². The summed E-state index contributed by atoms with van der Waals surface area (Å²) in [7, 11) is 0. The van der Waals surface area contributed by atoms with Gasteiger partial charge in [0.25, 0.3) is 5.56 Å². The van der Waals surface area contributed by atoms with Gasteiger partial charge in [-0.1, -0.05) is 31.2 Å². The van der Waals surface area contributed by atoms with Gasteiger partial charge in [-0.25, -0.2) is 19.6 Å². The fourth-order valence-corrected chi connectivity index (χ4v) is 5.28. The summed E-state index contributed by atoms with van der Waals surface area (Å²) in [6.45, 7) is 5.31. The lowest BCUT2D eigenvalue weighted by Crippen LogP contribution is -2.37. The molecule has 1 saturated carbocycles. The van der Waals surface area contributed by atoms with Gasteiger partial charge in [-0.3, -0.25) is 14.3 Å². The maximum Gasteiger partial charge on any atom is 0.330 e. The third-order valence-corrected chi connectivity index (χ3v) is 7.54. The largest absolute Gasteiger partial charge is 0.366 e. The molecule has 4 heterocycles. The third kappa shape index (κ3) is 5.23. The highest BCUT2D eigenvalue weighted by atomic mass is 16.2. The minimum Gasteiger partial charge on any atom is -0.366 e. The minimum absolute atomic E-state index is 0.00701. The van der Waals surface area contributed by atoms with Crippen molar-refractivity contribution in [1.82, 2.24) is 34.3 Å². The molecule has 1 aromatic carbocycles. The van der Waals surface area contributed by atoms with Gasteiger partial charge in [-0.2, -0.15) is 0 Å². The van der Waals surface area contributed by atoms with Crippen LogP contribution in [0.4, 0.5) is 10.6 Å². The van der Waals surface area contributed by atoms with Gasteiger partial charge in [-0.15, -0.1) is 0 Å². The molecule has 1 saturated heterocycles. The van der Waals surface area contributed by atoms with Crippen LogP contribution in [0.1, 0.15) is 56.2 Å². The van der Waals surface area contributed by atoms with Crippen LogP contribution >= 0.6 is 0 Å². The summed E-state index contributed by atoms with van der Waals surface area (Å²) < 4.78 is 3.67. The number of carbonyl (C=O) groups is 1. The number of H-pyrrole nitrogens is 1. The van der Waals surface area contributed by atoms with Crippen LogP contribution in [0, 0.1) is 0 Å². The molecule has 4 aromatic rings. The molecule has 40 heavy (non-hydrogen) atoms. The highest BCUT2D eigenvalue weighted by Gasteiger charge is 2.31. The van der Waals surface area contributed by atoms with E-state index in [1.54, 1.807) is 10.8 Å². The third-order valence-electron chi connectivity index (χ3n) is 7.54. The van der Waals surface area contributed by atoms with Crippen LogP contribution in [-0.4, -0.2) is 48.1 Å². The van der Waals surface area contributed by atoms with Gasteiger partial charge in [-0.05, 0) is 55.4 Å². The number of hydrogen-bond donors (Lipinski definition) is 3. The predicted octanol–water partition coefficient (Wildman–Crippen LogP) is 3.61. The Balaban J connectivity index is 1.14. The van der Waals surface area contributed by atoms with Gasteiger partial charge >= 0.3 is 11.7 Å². The van der Waals surface area contributed by atoms with Gasteiger partial charge in [0.2, 0.25) is 0 Å². The number of fused-ring (bicyclic) bond motifs is 1. The second kappa shape index (κ2) is 11.0. The Hall–Kier alpha value is -4.41. The van der Waals surface area contributed by atoms with Gasteiger partial charge in [0.1, 0.15) is 11.6 Å². The summed E-state index contributed by atoms with van der Waals surface area (Å²) in [4.78, 5) is 50.9. The van der Waals surface area contributed by atoms with E-state index in [4.69, 9.17) is 0 Å². The first-order valence-electron chi connectivity index (χ1n) is 14.1. The standard InChI is InChI=1S/C29H34N8O3/c1-2-13-36-27-24(26(38)34-29(36)40)33-25(37(27)22-10-11-22)21-9-12-23(31-18-21)30-16-19-5-7-20(8-6-19)17-32-28(39)35-14-3-4-15-35/h5-9,12,18,22H,2-4,10-11,13-17H2,1H3,(H,30,31)(H,32,39)(H,34,38,40). The Labute approximate surface area is 231 Å². The molecule has 3 N–H and O–H groups in total. The Morgan fingerprint density at radius 2 is 1.75 bits per heavy atom. The number of aromatic nitrogens is 5. The van der Waals surface area contributed by atoms with Crippen LogP contribution in [-0.2, 0) is 19.6 Å². The van der Waals surface area contributed by atoms with Crippen molar-refractivity contribution in [2.75, 3.05) is 18.4 Å². The molecule has 2 fully saturated rings. The molecule has 1 aliphatic carbocycles. The number of imidazole rings is 1. The maximum absolute atomic E-state index is 12.6. The van der Waals surface area contributed by atoms with Crippen molar-refractivity contribution in [2.45, 2.75) is 64.7 Å². The Bertz CT molecular complexity index is 1630. The van der Waals surface area contributed by atoms with Crippen molar-refractivity contribution in [3.8, 4) is 11.4 Å². The SMILES string of the molecule is CCCn1c(=O)[nH]c(=O)c2nc(-c3ccc(NCc4ccc(CNC(=O)N5CCCC5)cc4)nc3)n(C3CC3)c21. The molecular weight excluding hydrogens is 508 g/mol.